The first-order chi connectivity index (χ1) is 55.2. The number of rotatable bonds is 27. The van der Waals surface area contributed by atoms with Crippen LogP contribution in [0.3, 0.4) is 0 Å². The zero-order valence-electron chi connectivity index (χ0n) is 70.4. The number of phenols is 1. The molecule has 114 heavy (non-hydrogen) atoms. The normalized spacial score (nSPS) is 15.9. The minimum atomic E-state index is -0.478. The van der Waals surface area contributed by atoms with E-state index in [1.807, 2.05) is 167 Å². The third-order valence-corrected chi connectivity index (χ3v) is 22.4. The van der Waals surface area contributed by atoms with Gasteiger partial charge < -0.3 is 38.3 Å². The van der Waals surface area contributed by atoms with Crippen LogP contribution in [0.2, 0.25) is 0 Å². The van der Waals surface area contributed by atoms with Crippen LogP contribution < -0.4 is 9.47 Å². The quantitative estimate of drug-likeness (QED) is 0.0299. The van der Waals surface area contributed by atoms with Crippen LogP contribution in [0.4, 0.5) is 0 Å². The molecule has 3 aliphatic carbocycles. The summed E-state index contributed by atoms with van der Waals surface area (Å²) in [5, 5.41) is 9.01. The van der Waals surface area contributed by atoms with Crippen LogP contribution in [0.1, 0.15) is 310 Å². The molecule has 12 rings (SSSR count). The van der Waals surface area contributed by atoms with Gasteiger partial charge in [-0.15, -0.1) is 0 Å². The van der Waals surface area contributed by atoms with Crippen molar-refractivity contribution in [3.8, 4) is 17.2 Å². The van der Waals surface area contributed by atoms with E-state index >= 15 is 0 Å². The smallest absolute Gasteiger partial charge is 0.339 e. The number of hydrogen-bond donors (Lipinski definition) is 1. The summed E-state index contributed by atoms with van der Waals surface area (Å²) in [6, 6.07) is 77.3. The van der Waals surface area contributed by atoms with Crippen molar-refractivity contribution in [2.75, 3.05) is 13.2 Å². The van der Waals surface area contributed by atoms with E-state index in [2.05, 4.69) is 141 Å². The maximum absolute atomic E-state index is 12.8. The van der Waals surface area contributed by atoms with Crippen molar-refractivity contribution in [1.29, 1.82) is 0 Å². The van der Waals surface area contributed by atoms with Crippen LogP contribution >= 0.6 is 0 Å². The van der Waals surface area contributed by atoms with E-state index in [9.17, 15) is 14.4 Å². The monoisotopic (exact) mass is 1540 g/mol. The SMILES string of the molecule is C=Cc1ccc(C(=O)OC2(c3ccccc3)CCCCC2)cc1.C=Cc1ccc(OC(C)OCC)cc1.CCC(C)c1ccc(C(=O)OC2(c3ccccc3)CCCCC2)cc1.CCC(C)c1ccc(C(=O)OC2(c3ccccc3)CCCCC2)cc1.CCC(C)c1ccc(O)cc1.CCOC(C)Oc1ccc(C(C)CC)cc1. The van der Waals surface area contributed by atoms with E-state index in [1.165, 1.54) is 41.5 Å². The third-order valence-electron chi connectivity index (χ3n) is 22.4. The minimum absolute atomic E-state index is 0.181. The van der Waals surface area contributed by atoms with Gasteiger partial charge in [0.05, 0.1) is 16.7 Å². The summed E-state index contributed by atoms with van der Waals surface area (Å²) in [5.74, 6) is 3.60. The average Bonchev–Trinajstić information content (AvgIpc) is 0.804. The molecular formula is C103H130O11. The number of benzene rings is 9. The van der Waals surface area contributed by atoms with Crippen LogP contribution in [0.25, 0.3) is 12.2 Å². The molecule has 11 nitrogen and oxygen atoms in total. The van der Waals surface area contributed by atoms with Gasteiger partial charge in [-0.05, 0) is 277 Å². The Hall–Kier alpha value is -9.81. The zero-order valence-corrected chi connectivity index (χ0v) is 70.4. The predicted octanol–water partition coefficient (Wildman–Crippen LogP) is 27.7. The van der Waals surface area contributed by atoms with Crippen LogP contribution in [0.15, 0.2) is 250 Å². The fourth-order valence-electron chi connectivity index (χ4n) is 14.5. The van der Waals surface area contributed by atoms with Crippen molar-refractivity contribution in [3.63, 3.8) is 0 Å². The Balaban J connectivity index is 0.000000194. The van der Waals surface area contributed by atoms with E-state index in [0.29, 0.717) is 59.3 Å². The summed E-state index contributed by atoms with van der Waals surface area (Å²) in [6.45, 7) is 34.0. The lowest BCUT2D eigenvalue weighted by Crippen LogP contribution is -2.34. The summed E-state index contributed by atoms with van der Waals surface area (Å²) in [4.78, 5) is 38.3. The van der Waals surface area contributed by atoms with Crippen LogP contribution in [-0.4, -0.2) is 48.8 Å². The molecule has 9 aromatic carbocycles. The van der Waals surface area contributed by atoms with Crippen LogP contribution in [-0.2, 0) is 40.5 Å². The van der Waals surface area contributed by atoms with Crippen molar-refractivity contribution < 1.29 is 52.6 Å². The molecule has 11 heteroatoms. The molecule has 3 saturated carbocycles. The molecule has 608 valence electrons. The lowest BCUT2D eigenvalue weighted by Gasteiger charge is -2.37. The number of carbonyl (C=O) groups is 3. The van der Waals surface area contributed by atoms with Crippen LogP contribution in [0, 0.1) is 0 Å². The van der Waals surface area contributed by atoms with E-state index in [4.69, 9.17) is 38.3 Å². The standard InChI is InChI=1S/2C23H28O2.C21H22O2.C14H22O2.C12H16O2.C10H14O/c2*1-3-18(2)19-12-14-20(15-13-19)22(24)25-23(16-8-5-9-17-23)21-10-6-4-7-11-21;1-2-17-11-13-18(14-12-17)20(22)23-21(15-7-4-8-16-21)19-9-5-3-6-10-19;1-5-11(3)13-7-9-14(10-8-13)16-12(4)15-6-2;1-4-11-6-8-12(9-7-11)14-10(3)13-5-2;1-3-8(2)9-4-6-10(11)7-5-9/h2*4,6-7,10-15,18H,3,5,8-9,16-17H2,1-2H3;2-3,5-6,9-14H,1,4,7-8,15-16H2;7-12H,5-6H2,1-4H3;4,6-10H,1,5H2,2-3H3;4-8,11H,3H2,1-2H3. The van der Waals surface area contributed by atoms with Gasteiger partial charge in [0.15, 0.2) is 12.6 Å². The highest BCUT2D eigenvalue weighted by Gasteiger charge is 2.41. The fourth-order valence-corrected chi connectivity index (χ4v) is 14.5. The van der Waals surface area contributed by atoms with E-state index < -0.39 is 16.8 Å². The molecule has 6 unspecified atom stereocenters. The molecule has 9 aromatic rings. The Morgan fingerprint density at radius 3 is 0.825 bits per heavy atom. The lowest BCUT2D eigenvalue weighted by atomic mass is 9.79. The molecular weight excluding hydrogens is 1410 g/mol. The first-order valence-electron chi connectivity index (χ1n) is 42.2. The van der Waals surface area contributed by atoms with Gasteiger partial charge in [-0.1, -0.05) is 264 Å². The zero-order chi connectivity index (χ0) is 82.1. The highest BCUT2D eigenvalue weighted by molar-refractivity contribution is 5.91. The topological polar surface area (TPSA) is 136 Å². The summed E-state index contributed by atoms with van der Waals surface area (Å²) in [7, 11) is 0. The molecule has 0 amide bonds. The molecule has 1 N–H and O–H groups in total. The maximum atomic E-state index is 12.8. The summed E-state index contributed by atoms with van der Waals surface area (Å²) >= 11 is 0. The van der Waals surface area contributed by atoms with Crippen molar-refractivity contribution in [2.45, 2.75) is 258 Å². The fraction of sp³-hybridized carbons (Fsp3) is 0.408. The molecule has 0 bridgehead atoms. The molecule has 0 saturated heterocycles. The number of esters is 3. The second-order valence-corrected chi connectivity index (χ2v) is 30.5. The summed E-state index contributed by atoms with van der Waals surface area (Å²) < 4.78 is 40.0. The number of carbonyl (C=O) groups excluding carboxylic acids is 3. The van der Waals surface area contributed by atoms with Gasteiger partial charge in [-0.3, -0.25) is 0 Å². The Morgan fingerprint density at radius 2 is 0.570 bits per heavy atom. The number of aromatic hydroxyl groups is 1. The molecule has 0 heterocycles. The maximum Gasteiger partial charge on any atom is 0.339 e. The Kier molecular flexibility index (Phi) is 38.8. The van der Waals surface area contributed by atoms with Gasteiger partial charge in [-0.2, -0.15) is 0 Å². The van der Waals surface area contributed by atoms with Crippen molar-refractivity contribution in [2.24, 2.45) is 0 Å². The number of phenolic OH excluding ortho intramolecular Hbond substituents is 1. The van der Waals surface area contributed by atoms with Crippen molar-refractivity contribution in [1.82, 2.24) is 0 Å². The molecule has 0 aliphatic heterocycles. The highest BCUT2D eigenvalue weighted by atomic mass is 16.7. The van der Waals surface area contributed by atoms with E-state index in [0.717, 1.165) is 142 Å². The van der Waals surface area contributed by atoms with Gasteiger partial charge in [-0.25, -0.2) is 14.4 Å². The number of hydrogen-bond acceptors (Lipinski definition) is 11. The second kappa shape index (κ2) is 48.4. The van der Waals surface area contributed by atoms with Gasteiger partial charge in [0.1, 0.15) is 34.1 Å². The predicted molar refractivity (Wildman–Crippen MR) is 469 cm³/mol. The first-order valence-corrected chi connectivity index (χ1v) is 42.2. The average molecular weight is 1540 g/mol. The van der Waals surface area contributed by atoms with E-state index in [1.54, 1.807) is 36.4 Å². The van der Waals surface area contributed by atoms with Gasteiger partial charge >= 0.3 is 17.9 Å². The van der Waals surface area contributed by atoms with Crippen molar-refractivity contribution >= 4 is 30.1 Å². The molecule has 3 aliphatic rings. The van der Waals surface area contributed by atoms with Crippen LogP contribution in [0.5, 0.6) is 17.2 Å². The Bertz CT molecular complexity index is 4050. The first kappa shape index (κ1) is 91.4. The molecule has 6 atom stereocenters. The third kappa shape index (κ3) is 28.6. The molecule has 3 fully saturated rings. The largest absolute Gasteiger partial charge is 0.508 e. The Labute approximate surface area is 683 Å². The summed E-state index contributed by atoms with van der Waals surface area (Å²) in [5.41, 5.74) is 11.1. The number of ether oxygens (including phenoxy) is 7. The minimum Gasteiger partial charge on any atom is -0.508 e. The molecule has 0 aromatic heterocycles. The lowest BCUT2D eigenvalue weighted by molar-refractivity contribution is -0.0616. The Morgan fingerprint density at radius 1 is 0.333 bits per heavy atom. The van der Waals surface area contributed by atoms with E-state index in [-0.39, 0.29) is 30.5 Å². The highest BCUT2D eigenvalue weighted by Crippen LogP contribution is 2.44. The van der Waals surface area contributed by atoms with Gasteiger partial charge in [0.2, 0.25) is 0 Å². The van der Waals surface area contributed by atoms with Gasteiger partial charge in [0, 0.05) is 13.2 Å². The molecule has 0 spiro atoms. The second-order valence-electron chi connectivity index (χ2n) is 30.5. The van der Waals surface area contributed by atoms with Gasteiger partial charge in [0.25, 0.3) is 0 Å². The summed E-state index contributed by atoms with van der Waals surface area (Å²) in [6.07, 6.45) is 23.4. The van der Waals surface area contributed by atoms with Crippen molar-refractivity contribution in [3.05, 3.63) is 317 Å². The molecule has 0 radical (unpaired) electrons.